The summed E-state index contributed by atoms with van der Waals surface area (Å²) in [5.41, 5.74) is 0. The molecule has 0 spiro atoms. The zero-order chi connectivity index (χ0) is 26.0. The molecule has 3 saturated heterocycles. The standard InChI is InChI=1S/C19H34O16/c1-30-17-15(29)12(26)16(35-19-14(28)11(25)9(23)6(3-21)33-19)7(34-17)4-31-18-13(27)10(24)8(22)5(2-20)32-18/h5-29H,2-4H2,1H3/t5-,6-,7-,8-,9-,10+,11+,12-,13-,14-,15-,16-,17-,18+,19-/m1/s1. The number of methoxy groups -OCH3 is 1. The highest BCUT2D eigenvalue weighted by atomic mass is 16.8. The Morgan fingerprint density at radius 2 is 1.00 bits per heavy atom. The Kier molecular flexibility index (Phi) is 10.1. The summed E-state index contributed by atoms with van der Waals surface area (Å²) in [7, 11) is 1.19. The second-order valence-electron chi connectivity index (χ2n) is 8.59. The molecule has 0 unspecified atom stereocenters. The minimum atomic E-state index is -1.82. The Bertz CT molecular complexity index is 652. The third-order valence-corrected chi connectivity index (χ3v) is 6.29. The molecule has 3 rings (SSSR count). The summed E-state index contributed by atoms with van der Waals surface area (Å²) in [6.07, 6.45) is -23.6. The molecule has 3 aliphatic heterocycles. The van der Waals surface area contributed by atoms with Crippen LogP contribution in [0.15, 0.2) is 0 Å². The highest BCUT2D eigenvalue weighted by Crippen LogP contribution is 2.30. The van der Waals surface area contributed by atoms with E-state index in [4.69, 9.17) is 28.4 Å². The summed E-state index contributed by atoms with van der Waals surface area (Å²) in [5.74, 6) is 0. The first-order chi connectivity index (χ1) is 16.5. The normalized spacial score (nSPS) is 51.3. The molecule has 0 aromatic carbocycles. The molecule has 15 atom stereocenters. The van der Waals surface area contributed by atoms with E-state index in [9.17, 15) is 51.1 Å². The summed E-state index contributed by atoms with van der Waals surface area (Å²) < 4.78 is 32.1. The molecule has 0 aliphatic carbocycles. The fourth-order valence-electron chi connectivity index (χ4n) is 4.13. The number of aliphatic hydroxyl groups is 10. The summed E-state index contributed by atoms with van der Waals surface area (Å²) in [5, 5.41) is 99.8. The van der Waals surface area contributed by atoms with E-state index >= 15 is 0 Å². The maximum absolute atomic E-state index is 10.6. The van der Waals surface area contributed by atoms with Gasteiger partial charge in [0.2, 0.25) is 0 Å². The van der Waals surface area contributed by atoms with Crippen LogP contribution in [0.5, 0.6) is 0 Å². The monoisotopic (exact) mass is 518 g/mol. The molecule has 10 N–H and O–H groups in total. The van der Waals surface area contributed by atoms with Crippen LogP contribution in [-0.2, 0) is 28.4 Å². The van der Waals surface area contributed by atoms with E-state index in [2.05, 4.69) is 0 Å². The lowest BCUT2D eigenvalue weighted by atomic mass is 9.97. The fourth-order valence-corrected chi connectivity index (χ4v) is 4.13. The molecule has 3 fully saturated rings. The summed E-state index contributed by atoms with van der Waals surface area (Å²) >= 11 is 0. The van der Waals surface area contributed by atoms with Crippen LogP contribution in [0.3, 0.4) is 0 Å². The van der Waals surface area contributed by atoms with Gasteiger partial charge in [-0.1, -0.05) is 0 Å². The number of rotatable bonds is 8. The first kappa shape index (κ1) is 28.9. The van der Waals surface area contributed by atoms with Gasteiger partial charge in [-0.3, -0.25) is 0 Å². The Morgan fingerprint density at radius 1 is 0.543 bits per heavy atom. The van der Waals surface area contributed by atoms with Crippen molar-refractivity contribution in [2.24, 2.45) is 0 Å². The number of hydrogen-bond donors (Lipinski definition) is 10. The van der Waals surface area contributed by atoms with Crippen molar-refractivity contribution in [3.8, 4) is 0 Å². The molecule has 0 aromatic rings. The Hall–Kier alpha value is -0.640. The fraction of sp³-hybridized carbons (Fsp3) is 1.00. The maximum atomic E-state index is 10.6. The Balaban J connectivity index is 1.74. The van der Waals surface area contributed by atoms with Crippen molar-refractivity contribution < 1.29 is 79.5 Å². The van der Waals surface area contributed by atoms with E-state index in [1.54, 1.807) is 0 Å². The molecule has 3 heterocycles. The molecule has 16 heteroatoms. The third kappa shape index (κ3) is 5.93. The van der Waals surface area contributed by atoms with E-state index in [-0.39, 0.29) is 0 Å². The van der Waals surface area contributed by atoms with E-state index in [1.165, 1.54) is 7.11 Å². The SMILES string of the molecule is CO[C@@H]1O[C@H](CO[C@H]2O[C@H](CO)[C@@H](O)[C@H](O)[C@H]2O)[C@@H](O[C@H]2O[C@H](CO)[C@@H](O)[C@H](O)[C@H]2O)[C@H](O)[C@H]1O. The van der Waals surface area contributed by atoms with Gasteiger partial charge < -0.3 is 79.5 Å². The smallest absolute Gasteiger partial charge is 0.187 e. The highest BCUT2D eigenvalue weighted by Gasteiger charge is 2.51. The third-order valence-electron chi connectivity index (χ3n) is 6.29. The predicted molar refractivity (Wildman–Crippen MR) is 106 cm³/mol. The minimum Gasteiger partial charge on any atom is -0.394 e. The van der Waals surface area contributed by atoms with Gasteiger partial charge in [0.15, 0.2) is 18.9 Å². The average Bonchev–Trinajstić information content (AvgIpc) is 2.85. The molecule has 0 aromatic heterocycles. The van der Waals surface area contributed by atoms with Crippen molar-refractivity contribution >= 4 is 0 Å². The largest absolute Gasteiger partial charge is 0.394 e. The molecule has 35 heavy (non-hydrogen) atoms. The lowest BCUT2D eigenvalue weighted by molar-refractivity contribution is -0.365. The van der Waals surface area contributed by atoms with Gasteiger partial charge in [0.25, 0.3) is 0 Å². The Morgan fingerprint density at radius 3 is 1.51 bits per heavy atom. The molecular weight excluding hydrogens is 484 g/mol. The van der Waals surface area contributed by atoms with Crippen molar-refractivity contribution in [1.29, 1.82) is 0 Å². The topological polar surface area (TPSA) is 258 Å². The number of aliphatic hydroxyl groups excluding tert-OH is 10. The Labute approximate surface area is 199 Å². The molecule has 0 saturated carbocycles. The summed E-state index contributed by atoms with van der Waals surface area (Å²) in [4.78, 5) is 0. The zero-order valence-electron chi connectivity index (χ0n) is 18.7. The first-order valence-corrected chi connectivity index (χ1v) is 11.0. The molecular formula is C19H34O16. The first-order valence-electron chi connectivity index (χ1n) is 11.0. The second-order valence-corrected chi connectivity index (χ2v) is 8.59. The van der Waals surface area contributed by atoms with Gasteiger partial charge in [-0.05, 0) is 0 Å². The van der Waals surface area contributed by atoms with Crippen LogP contribution < -0.4 is 0 Å². The van der Waals surface area contributed by atoms with E-state index in [0.717, 1.165) is 0 Å². The zero-order valence-corrected chi connectivity index (χ0v) is 18.7. The quantitative estimate of drug-likeness (QED) is 0.143. The van der Waals surface area contributed by atoms with Gasteiger partial charge in [-0.2, -0.15) is 0 Å². The van der Waals surface area contributed by atoms with Crippen LogP contribution in [0.4, 0.5) is 0 Å². The lowest BCUT2D eigenvalue weighted by Crippen LogP contribution is -2.65. The van der Waals surface area contributed by atoms with Gasteiger partial charge in [0.05, 0.1) is 19.8 Å². The van der Waals surface area contributed by atoms with Crippen molar-refractivity contribution in [2.75, 3.05) is 26.9 Å². The van der Waals surface area contributed by atoms with Crippen molar-refractivity contribution in [2.45, 2.75) is 92.1 Å². The summed E-state index contributed by atoms with van der Waals surface area (Å²) in [6.45, 7) is -1.95. The summed E-state index contributed by atoms with van der Waals surface area (Å²) in [6, 6.07) is 0. The number of hydrogen-bond acceptors (Lipinski definition) is 16. The van der Waals surface area contributed by atoms with Crippen LogP contribution >= 0.6 is 0 Å². The van der Waals surface area contributed by atoms with Gasteiger partial charge in [-0.25, -0.2) is 0 Å². The second kappa shape index (κ2) is 12.3. The van der Waals surface area contributed by atoms with E-state index in [1.807, 2.05) is 0 Å². The number of ether oxygens (including phenoxy) is 6. The minimum absolute atomic E-state index is 0.533. The molecule has 0 amide bonds. The maximum Gasteiger partial charge on any atom is 0.187 e. The van der Waals surface area contributed by atoms with Crippen LogP contribution in [0.2, 0.25) is 0 Å². The average molecular weight is 518 g/mol. The van der Waals surface area contributed by atoms with Crippen LogP contribution in [-0.4, -0.2) is 170 Å². The van der Waals surface area contributed by atoms with Crippen LogP contribution in [0.1, 0.15) is 0 Å². The molecule has 0 radical (unpaired) electrons. The van der Waals surface area contributed by atoms with Crippen LogP contribution in [0, 0.1) is 0 Å². The van der Waals surface area contributed by atoms with Crippen LogP contribution in [0.25, 0.3) is 0 Å². The van der Waals surface area contributed by atoms with Gasteiger partial charge in [-0.15, -0.1) is 0 Å². The van der Waals surface area contributed by atoms with Gasteiger partial charge >= 0.3 is 0 Å². The molecule has 16 nitrogen and oxygen atoms in total. The van der Waals surface area contributed by atoms with E-state index in [0.29, 0.717) is 0 Å². The van der Waals surface area contributed by atoms with Crippen molar-refractivity contribution in [3.05, 3.63) is 0 Å². The van der Waals surface area contributed by atoms with E-state index < -0.39 is 112 Å². The van der Waals surface area contributed by atoms with Gasteiger partial charge in [0.1, 0.15) is 73.2 Å². The van der Waals surface area contributed by atoms with Gasteiger partial charge in [0, 0.05) is 7.11 Å². The molecule has 206 valence electrons. The van der Waals surface area contributed by atoms with Crippen molar-refractivity contribution in [1.82, 2.24) is 0 Å². The predicted octanol–water partition coefficient (Wildman–Crippen LogP) is -6.92. The molecule has 0 bridgehead atoms. The van der Waals surface area contributed by atoms with Crippen molar-refractivity contribution in [3.63, 3.8) is 0 Å². The highest BCUT2D eigenvalue weighted by molar-refractivity contribution is 4.95. The lowest BCUT2D eigenvalue weighted by Gasteiger charge is -2.46. The molecule has 3 aliphatic rings.